The highest BCUT2D eigenvalue weighted by atomic mass is 32.2. The third-order valence-electron chi connectivity index (χ3n) is 5.07. The van der Waals surface area contributed by atoms with E-state index in [9.17, 15) is 13.2 Å². The monoisotopic (exact) mass is 446 g/mol. The van der Waals surface area contributed by atoms with Gasteiger partial charge in [0, 0.05) is 31.5 Å². The average molecular weight is 447 g/mol. The first kappa shape index (κ1) is 22.0. The molecule has 0 saturated carbocycles. The van der Waals surface area contributed by atoms with Crippen molar-refractivity contribution < 1.29 is 13.2 Å². The fraction of sp³-hybridized carbons (Fsp3) is 0.333. The van der Waals surface area contributed by atoms with E-state index in [0.717, 1.165) is 0 Å². The lowest BCUT2D eigenvalue weighted by Crippen LogP contribution is -2.30. The summed E-state index contributed by atoms with van der Waals surface area (Å²) in [6.45, 7) is 8.69. The van der Waals surface area contributed by atoms with E-state index in [4.69, 9.17) is 0 Å². The molecule has 0 radical (unpaired) electrons. The second kappa shape index (κ2) is 8.61. The number of carbonyl (C=O) groups is 1. The van der Waals surface area contributed by atoms with E-state index in [1.165, 1.54) is 11.3 Å². The predicted molar refractivity (Wildman–Crippen MR) is 120 cm³/mol. The average Bonchev–Trinajstić information content (AvgIpc) is 3.23. The van der Waals surface area contributed by atoms with Crippen LogP contribution in [0.1, 0.15) is 34.9 Å². The molecule has 0 aliphatic carbocycles. The maximum Gasteiger partial charge on any atom is 0.265 e. The molecule has 0 unspecified atom stereocenters. The van der Waals surface area contributed by atoms with Crippen molar-refractivity contribution in [3.63, 3.8) is 0 Å². The minimum absolute atomic E-state index is 0.0502. The van der Waals surface area contributed by atoms with Crippen molar-refractivity contribution in [2.24, 2.45) is 7.05 Å². The molecule has 1 amide bonds. The third-order valence-corrected chi connectivity index (χ3v) is 7.73. The zero-order chi connectivity index (χ0) is 22.1. The van der Waals surface area contributed by atoms with Crippen LogP contribution in [-0.4, -0.2) is 41.9 Å². The first-order valence-corrected chi connectivity index (χ1v) is 12.0. The number of nitrogens with one attached hydrogen (secondary N) is 1. The summed E-state index contributed by atoms with van der Waals surface area (Å²) < 4.78 is 30.3. The highest BCUT2D eigenvalue weighted by molar-refractivity contribution is 7.92. The second-order valence-corrected chi connectivity index (χ2v) is 9.57. The highest BCUT2D eigenvalue weighted by Gasteiger charge is 2.26. The fourth-order valence-electron chi connectivity index (χ4n) is 3.22. The Kier molecular flexibility index (Phi) is 6.33. The second-order valence-electron chi connectivity index (χ2n) is 6.92. The van der Waals surface area contributed by atoms with Crippen molar-refractivity contribution in [2.75, 3.05) is 17.8 Å². The molecule has 2 aromatic heterocycles. The summed E-state index contributed by atoms with van der Waals surface area (Å²) in [6.07, 6.45) is 0. The normalized spacial score (nSPS) is 11.5. The Morgan fingerprint density at radius 3 is 2.40 bits per heavy atom. The Bertz CT molecular complexity index is 1160. The molecule has 9 heteroatoms. The van der Waals surface area contributed by atoms with Crippen LogP contribution in [-0.2, 0) is 17.1 Å². The van der Waals surface area contributed by atoms with Gasteiger partial charge >= 0.3 is 0 Å². The molecule has 0 spiro atoms. The van der Waals surface area contributed by atoms with Gasteiger partial charge in [0.2, 0.25) is 0 Å². The lowest BCUT2D eigenvalue weighted by molar-refractivity contribution is 0.0777. The van der Waals surface area contributed by atoms with Gasteiger partial charge < -0.3 is 9.47 Å². The summed E-state index contributed by atoms with van der Waals surface area (Å²) >= 11 is 1.29. The molecule has 0 fully saturated rings. The van der Waals surface area contributed by atoms with Crippen molar-refractivity contribution in [3.05, 3.63) is 52.7 Å². The Morgan fingerprint density at radius 2 is 1.80 bits per heavy atom. The molecule has 0 atom stereocenters. The number of amides is 1. The number of hydrogen-bond donors (Lipinski definition) is 1. The predicted octanol–water partition coefficient (Wildman–Crippen LogP) is 4.05. The number of nitrogens with zero attached hydrogens (tertiary/aromatic N) is 3. The minimum Gasteiger partial charge on any atom is -0.345 e. The van der Waals surface area contributed by atoms with Gasteiger partial charge in [0.05, 0.1) is 11.4 Å². The molecule has 3 rings (SSSR count). The summed E-state index contributed by atoms with van der Waals surface area (Å²) in [7, 11) is -1.96. The quantitative estimate of drug-likeness (QED) is 0.593. The maximum absolute atomic E-state index is 13.0. The van der Waals surface area contributed by atoms with Crippen molar-refractivity contribution in [1.82, 2.24) is 14.5 Å². The first-order valence-electron chi connectivity index (χ1n) is 9.70. The lowest BCUT2D eigenvalue weighted by atomic mass is 10.3. The van der Waals surface area contributed by atoms with Crippen molar-refractivity contribution in [2.45, 2.75) is 32.6 Å². The number of hydrogen-bond acceptors (Lipinski definition) is 5. The van der Waals surface area contributed by atoms with Gasteiger partial charge in [-0.25, -0.2) is 13.4 Å². The minimum atomic E-state index is -3.76. The Morgan fingerprint density at radius 1 is 1.17 bits per heavy atom. The van der Waals surface area contributed by atoms with E-state index in [1.54, 1.807) is 60.7 Å². The standard InChI is InChI=1S/C21H26N4O3S2/c1-6-25(7-2)21(26)19-14(3)22-20(29-19)17-13-18(15(4)24(17)5)30(27,28)23-16-11-9-8-10-12-16/h8-13,23H,6-7H2,1-5H3. The van der Waals surface area contributed by atoms with Gasteiger partial charge in [-0.3, -0.25) is 9.52 Å². The van der Waals surface area contributed by atoms with Crippen LogP contribution in [0.2, 0.25) is 0 Å². The lowest BCUT2D eigenvalue weighted by Gasteiger charge is -2.17. The molecule has 160 valence electrons. The zero-order valence-electron chi connectivity index (χ0n) is 17.8. The molecule has 0 saturated heterocycles. The number of para-hydroxylation sites is 1. The van der Waals surface area contributed by atoms with Gasteiger partial charge in [-0.2, -0.15) is 0 Å². The molecule has 30 heavy (non-hydrogen) atoms. The SMILES string of the molecule is CCN(CC)C(=O)c1sc(-c2cc(S(=O)(=O)Nc3ccccc3)c(C)n2C)nc1C. The van der Waals surface area contributed by atoms with Gasteiger partial charge in [0.15, 0.2) is 0 Å². The van der Waals surface area contributed by atoms with E-state index in [0.29, 0.717) is 45.7 Å². The van der Waals surface area contributed by atoms with Crippen molar-refractivity contribution in [1.29, 1.82) is 0 Å². The van der Waals surface area contributed by atoms with Gasteiger partial charge in [-0.15, -0.1) is 11.3 Å². The molecule has 0 aliphatic heterocycles. The molecular formula is C21H26N4O3S2. The summed E-state index contributed by atoms with van der Waals surface area (Å²) in [6, 6.07) is 10.4. The smallest absolute Gasteiger partial charge is 0.265 e. The van der Waals surface area contributed by atoms with Crippen LogP contribution in [0.15, 0.2) is 41.3 Å². The maximum atomic E-state index is 13.0. The van der Waals surface area contributed by atoms with E-state index < -0.39 is 10.0 Å². The molecule has 1 N–H and O–H groups in total. The van der Waals surface area contributed by atoms with Crippen LogP contribution in [0.4, 0.5) is 5.69 Å². The summed E-state index contributed by atoms with van der Waals surface area (Å²) in [5.41, 5.74) is 2.41. The number of sulfonamides is 1. The van der Waals surface area contributed by atoms with Gasteiger partial charge in [0.25, 0.3) is 15.9 Å². The molecule has 0 aliphatic rings. The van der Waals surface area contributed by atoms with Crippen LogP contribution in [0.25, 0.3) is 10.7 Å². The van der Waals surface area contributed by atoms with Gasteiger partial charge in [-0.05, 0) is 45.9 Å². The van der Waals surface area contributed by atoms with E-state index >= 15 is 0 Å². The summed E-state index contributed by atoms with van der Waals surface area (Å²) in [5, 5.41) is 0.620. The number of benzene rings is 1. The topological polar surface area (TPSA) is 84.3 Å². The Hall–Kier alpha value is -2.65. The van der Waals surface area contributed by atoms with Crippen molar-refractivity contribution >= 4 is 33.0 Å². The molecule has 3 aromatic rings. The van der Waals surface area contributed by atoms with Gasteiger partial charge in [0.1, 0.15) is 14.8 Å². The number of aromatic nitrogens is 2. The molecule has 7 nitrogen and oxygen atoms in total. The molecular weight excluding hydrogens is 420 g/mol. The van der Waals surface area contributed by atoms with Crippen LogP contribution in [0.5, 0.6) is 0 Å². The Labute approximate surface area is 181 Å². The third kappa shape index (κ3) is 4.13. The summed E-state index contributed by atoms with van der Waals surface area (Å²) in [4.78, 5) is 19.9. The van der Waals surface area contributed by atoms with Gasteiger partial charge in [-0.1, -0.05) is 18.2 Å². The first-order chi connectivity index (χ1) is 14.2. The van der Waals surface area contributed by atoms with E-state index in [2.05, 4.69) is 9.71 Å². The van der Waals surface area contributed by atoms with Crippen LogP contribution >= 0.6 is 11.3 Å². The molecule has 0 bridgehead atoms. The number of aryl methyl sites for hydroxylation is 1. The largest absolute Gasteiger partial charge is 0.345 e. The number of thiazole rings is 1. The molecule has 1 aromatic carbocycles. The number of carbonyl (C=O) groups excluding carboxylic acids is 1. The van der Waals surface area contributed by atoms with E-state index in [1.807, 2.05) is 19.9 Å². The number of rotatable bonds is 7. The van der Waals surface area contributed by atoms with Crippen LogP contribution in [0, 0.1) is 13.8 Å². The zero-order valence-corrected chi connectivity index (χ0v) is 19.4. The highest BCUT2D eigenvalue weighted by Crippen LogP contribution is 2.33. The van der Waals surface area contributed by atoms with Crippen LogP contribution in [0.3, 0.4) is 0 Å². The Balaban J connectivity index is 2.00. The fourth-order valence-corrected chi connectivity index (χ4v) is 5.66. The van der Waals surface area contributed by atoms with Crippen LogP contribution < -0.4 is 4.72 Å². The summed E-state index contributed by atoms with van der Waals surface area (Å²) in [5.74, 6) is -0.0502. The van der Waals surface area contributed by atoms with Crippen molar-refractivity contribution in [3.8, 4) is 10.7 Å². The molecule has 2 heterocycles. The number of anilines is 1. The van der Waals surface area contributed by atoms with E-state index in [-0.39, 0.29) is 10.8 Å².